The maximum Gasteiger partial charge on any atom is 0.190 e. The molecule has 0 amide bonds. The van der Waals surface area contributed by atoms with Gasteiger partial charge in [0.25, 0.3) is 0 Å². The lowest BCUT2D eigenvalue weighted by molar-refractivity contribution is 0.267. The van der Waals surface area contributed by atoms with Crippen molar-refractivity contribution < 1.29 is 4.74 Å². The topological polar surface area (TPSA) is 45.7 Å². The molecule has 1 aliphatic heterocycles. The molecule has 23 heavy (non-hydrogen) atoms. The summed E-state index contributed by atoms with van der Waals surface area (Å²) >= 11 is 0. The van der Waals surface area contributed by atoms with E-state index in [1.54, 1.807) is 0 Å². The van der Waals surface area contributed by atoms with Gasteiger partial charge in [0.2, 0.25) is 0 Å². The number of halogens is 1. The van der Waals surface area contributed by atoms with Crippen molar-refractivity contribution in [1.29, 1.82) is 0 Å². The summed E-state index contributed by atoms with van der Waals surface area (Å²) in [5.74, 6) is 3.17. The number of guanidine groups is 1. The standard InChI is InChI=1S/C18H29N3O.HI/c1-14(2)7-6-11-20-18(19-3)21-13-15-10-12-22-17-9-5-4-8-16(15)17;/h4-5,8-9,14-15H,6-7,10-13H2,1-3H3,(H2,19,20,21);1H. The Kier molecular flexibility index (Phi) is 9.36. The molecule has 0 radical (unpaired) electrons. The van der Waals surface area contributed by atoms with Crippen molar-refractivity contribution >= 4 is 29.9 Å². The van der Waals surface area contributed by atoms with Crippen molar-refractivity contribution in [3.63, 3.8) is 0 Å². The van der Waals surface area contributed by atoms with E-state index >= 15 is 0 Å². The van der Waals surface area contributed by atoms with Crippen LogP contribution in [-0.4, -0.2) is 32.7 Å². The van der Waals surface area contributed by atoms with Crippen LogP contribution in [-0.2, 0) is 0 Å². The third-order valence-corrected chi connectivity index (χ3v) is 4.07. The quantitative estimate of drug-likeness (QED) is 0.312. The van der Waals surface area contributed by atoms with Crippen LogP contribution in [0, 0.1) is 5.92 Å². The number of hydrogen-bond donors (Lipinski definition) is 2. The van der Waals surface area contributed by atoms with E-state index in [9.17, 15) is 0 Å². The van der Waals surface area contributed by atoms with Gasteiger partial charge in [-0.2, -0.15) is 0 Å². The molecule has 0 aliphatic carbocycles. The maximum atomic E-state index is 5.72. The zero-order valence-corrected chi connectivity index (χ0v) is 16.8. The van der Waals surface area contributed by atoms with E-state index in [1.165, 1.54) is 18.4 Å². The summed E-state index contributed by atoms with van der Waals surface area (Å²) in [5, 5.41) is 6.85. The lowest BCUT2D eigenvalue weighted by Crippen LogP contribution is -2.40. The highest BCUT2D eigenvalue weighted by Gasteiger charge is 2.20. The van der Waals surface area contributed by atoms with Gasteiger partial charge in [-0.25, -0.2) is 0 Å². The van der Waals surface area contributed by atoms with E-state index in [2.05, 4.69) is 47.7 Å². The van der Waals surface area contributed by atoms with Crippen molar-refractivity contribution in [2.75, 3.05) is 26.7 Å². The molecule has 0 fully saturated rings. The minimum Gasteiger partial charge on any atom is -0.493 e. The van der Waals surface area contributed by atoms with Crippen LogP contribution in [0.4, 0.5) is 0 Å². The van der Waals surface area contributed by atoms with E-state index < -0.39 is 0 Å². The van der Waals surface area contributed by atoms with Crippen LogP contribution < -0.4 is 15.4 Å². The molecule has 130 valence electrons. The summed E-state index contributed by atoms with van der Waals surface area (Å²) < 4.78 is 5.72. The largest absolute Gasteiger partial charge is 0.493 e. The molecule has 1 unspecified atom stereocenters. The molecule has 2 rings (SSSR count). The maximum absolute atomic E-state index is 5.72. The minimum absolute atomic E-state index is 0. The molecular weight excluding hydrogens is 401 g/mol. The SMILES string of the molecule is CN=C(NCCCC(C)C)NCC1CCOc2ccccc21.I. The summed E-state index contributed by atoms with van der Waals surface area (Å²) in [4.78, 5) is 4.31. The van der Waals surface area contributed by atoms with Crippen molar-refractivity contribution in [2.24, 2.45) is 10.9 Å². The van der Waals surface area contributed by atoms with E-state index in [-0.39, 0.29) is 24.0 Å². The van der Waals surface area contributed by atoms with Gasteiger partial charge in [-0.3, -0.25) is 4.99 Å². The Bertz CT molecular complexity index is 491. The molecule has 2 N–H and O–H groups in total. The van der Waals surface area contributed by atoms with Crippen LogP contribution in [0.2, 0.25) is 0 Å². The number of nitrogens with one attached hydrogen (secondary N) is 2. The molecule has 0 bridgehead atoms. The van der Waals surface area contributed by atoms with Gasteiger partial charge in [0.15, 0.2) is 5.96 Å². The Balaban J connectivity index is 0.00000264. The number of aliphatic imine (C=N–C) groups is 1. The van der Waals surface area contributed by atoms with Gasteiger partial charge < -0.3 is 15.4 Å². The second kappa shape index (κ2) is 10.7. The zero-order valence-electron chi connectivity index (χ0n) is 14.5. The predicted octanol–water partition coefficient (Wildman–Crippen LogP) is 3.77. The first-order valence-corrected chi connectivity index (χ1v) is 8.37. The number of nitrogens with zero attached hydrogens (tertiary/aromatic N) is 1. The predicted molar refractivity (Wildman–Crippen MR) is 108 cm³/mol. The van der Waals surface area contributed by atoms with Crippen LogP contribution >= 0.6 is 24.0 Å². The summed E-state index contributed by atoms with van der Waals surface area (Å²) in [5.41, 5.74) is 1.30. The van der Waals surface area contributed by atoms with E-state index in [0.29, 0.717) is 5.92 Å². The Morgan fingerprint density at radius 3 is 2.83 bits per heavy atom. The fourth-order valence-corrected chi connectivity index (χ4v) is 2.79. The molecule has 0 saturated heterocycles. The zero-order chi connectivity index (χ0) is 15.8. The molecule has 0 spiro atoms. The highest BCUT2D eigenvalue weighted by molar-refractivity contribution is 14.0. The first-order valence-electron chi connectivity index (χ1n) is 8.37. The number of rotatable bonds is 6. The summed E-state index contributed by atoms with van der Waals surface area (Å²) in [6.07, 6.45) is 3.48. The molecule has 5 heteroatoms. The number of ether oxygens (including phenoxy) is 1. The van der Waals surface area contributed by atoms with E-state index in [1.807, 2.05) is 13.1 Å². The second-order valence-corrected chi connectivity index (χ2v) is 6.29. The number of hydrogen-bond acceptors (Lipinski definition) is 2. The van der Waals surface area contributed by atoms with Crippen molar-refractivity contribution in [1.82, 2.24) is 10.6 Å². The van der Waals surface area contributed by atoms with Crippen LogP contribution in [0.25, 0.3) is 0 Å². The molecule has 4 nitrogen and oxygen atoms in total. The lowest BCUT2D eigenvalue weighted by Gasteiger charge is -2.26. The highest BCUT2D eigenvalue weighted by atomic mass is 127. The number of fused-ring (bicyclic) bond motifs is 1. The molecule has 1 aromatic carbocycles. The average molecular weight is 431 g/mol. The molecule has 0 aromatic heterocycles. The molecule has 1 aromatic rings. The smallest absolute Gasteiger partial charge is 0.190 e. The number of para-hydroxylation sites is 1. The van der Waals surface area contributed by atoms with Crippen molar-refractivity contribution in [3.05, 3.63) is 29.8 Å². The van der Waals surface area contributed by atoms with Crippen LogP contribution in [0.15, 0.2) is 29.3 Å². The third kappa shape index (κ3) is 6.57. The summed E-state index contributed by atoms with van der Waals surface area (Å²) in [6.45, 7) is 7.18. The van der Waals surface area contributed by atoms with E-state index in [0.717, 1.165) is 43.7 Å². The first kappa shape index (κ1) is 20.1. The second-order valence-electron chi connectivity index (χ2n) is 6.29. The Morgan fingerprint density at radius 1 is 1.30 bits per heavy atom. The van der Waals surface area contributed by atoms with E-state index in [4.69, 9.17) is 4.74 Å². The average Bonchev–Trinajstić information content (AvgIpc) is 2.54. The Morgan fingerprint density at radius 2 is 2.09 bits per heavy atom. The van der Waals surface area contributed by atoms with Crippen LogP contribution in [0.5, 0.6) is 5.75 Å². The molecular formula is C18H30IN3O. The highest BCUT2D eigenvalue weighted by Crippen LogP contribution is 2.32. The molecule has 0 saturated carbocycles. The van der Waals surface area contributed by atoms with Crippen LogP contribution in [0.3, 0.4) is 0 Å². The summed E-state index contributed by atoms with van der Waals surface area (Å²) in [7, 11) is 1.83. The monoisotopic (exact) mass is 431 g/mol. The Hall–Kier alpha value is -0.980. The third-order valence-electron chi connectivity index (χ3n) is 4.07. The fourth-order valence-electron chi connectivity index (χ4n) is 2.79. The molecule has 1 atom stereocenters. The normalized spacial score (nSPS) is 17.0. The van der Waals surface area contributed by atoms with Crippen LogP contribution in [0.1, 0.15) is 44.6 Å². The lowest BCUT2D eigenvalue weighted by atomic mass is 9.93. The molecule has 1 heterocycles. The summed E-state index contributed by atoms with van der Waals surface area (Å²) in [6, 6.07) is 8.34. The van der Waals surface area contributed by atoms with Gasteiger partial charge >= 0.3 is 0 Å². The van der Waals surface area contributed by atoms with Gasteiger partial charge in [0.05, 0.1) is 6.61 Å². The van der Waals surface area contributed by atoms with Gasteiger partial charge in [-0.05, 0) is 36.8 Å². The minimum atomic E-state index is 0. The molecule has 1 aliphatic rings. The number of benzene rings is 1. The Labute approximate surface area is 157 Å². The van der Waals surface area contributed by atoms with Gasteiger partial charge in [-0.15, -0.1) is 24.0 Å². The van der Waals surface area contributed by atoms with Crippen molar-refractivity contribution in [2.45, 2.75) is 39.0 Å². The van der Waals surface area contributed by atoms with Gasteiger partial charge in [0, 0.05) is 26.1 Å². The fraction of sp³-hybridized carbons (Fsp3) is 0.611. The first-order chi connectivity index (χ1) is 10.7. The van der Waals surface area contributed by atoms with Gasteiger partial charge in [0.1, 0.15) is 5.75 Å². The van der Waals surface area contributed by atoms with Gasteiger partial charge in [-0.1, -0.05) is 32.0 Å². The van der Waals surface area contributed by atoms with Crippen molar-refractivity contribution in [3.8, 4) is 5.75 Å².